The van der Waals surface area contributed by atoms with Crippen molar-refractivity contribution in [3.8, 4) is 0 Å². The second-order valence-corrected chi connectivity index (χ2v) is 4.48. The highest BCUT2D eigenvalue weighted by Gasteiger charge is 1.98. The van der Waals surface area contributed by atoms with Crippen molar-refractivity contribution < 1.29 is 0 Å². The van der Waals surface area contributed by atoms with Gasteiger partial charge in [0.25, 0.3) is 5.56 Å². The summed E-state index contributed by atoms with van der Waals surface area (Å²) in [6.45, 7) is 5.82. The third-order valence-electron chi connectivity index (χ3n) is 2.73. The van der Waals surface area contributed by atoms with E-state index < -0.39 is 0 Å². The fourth-order valence-corrected chi connectivity index (χ4v) is 1.79. The van der Waals surface area contributed by atoms with Crippen molar-refractivity contribution >= 4 is 6.21 Å². The first kappa shape index (κ1) is 12.3. The molecule has 0 fully saturated rings. The van der Waals surface area contributed by atoms with Gasteiger partial charge >= 0.3 is 0 Å². The van der Waals surface area contributed by atoms with Crippen molar-refractivity contribution in [1.82, 2.24) is 4.68 Å². The molecule has 0 aliphatic rings. The predicted molar refractivity (Wildman–Crippen MR) is 74.3 cm³/mol. The molecule has 3 nitrogen and oxygen atoms in total. The number of aryl methyl sites for hydroxylation is 3. The van der Waals surface area contributed by atoms with Crippen LogP contribution in [0.1, 0.15) is 22.4 Å². The molecule has 0 saturated heterocycles. The lowest BCUT2D eigenvalue weighted by Gasteiger charge is -2.03. The Bertz CT molecular complexity index is 637. The highest BCUT2D eigenvalue weighted by atomic mass is 16.1. The molecule has 0 aliphatic heterocycles. The van der Waals surface area contributed by atoms with Crippen LogP contribution in [-0.2, 0) is 0 Å². The summed E-state index contributed by atoms with van der Waals surface area (Å²) in [6, 6.07) is 11.5. The molecule has 0 bridgehead atoms. The summed E-state index contributed by atoms with van der Waals surface area (Å²) in [6.07, 6.45) is 1.70. The van der Waals surface area contributed by atoms with Crippen LogP contribution in [0.25, 0.3) is 0 Å². The summed E-state index contributed by atoms with van der Waals surface area (Å²) >= 11 is 0. The molecule has 2 rings (SSSR count). The van der Waals surface area contributed by atoms with Gasteiger partial charge in [0.1, 0.15) is 0 Å². The third kappa shape index (κ3) is 2.74. The number of nitrogens with zero attached hydrogens (tertiary/aromatic N) is 2. The highest BCUT2D eigenvalue weighted by Crippen LogP contribution is 2.02. The molecular weight excluding hydrogens is 224 g/mol. The molecule has 0 aliphatic carbocycles. The Balaban J connectivity index is 2.35. The molecule has 1 aromatic heterocycles. The first-order chi connectivity index (χ1) is 8.56. The zero-order chi connectivity index (χ0) is 13.1. The van der Waals surface area contributed by atoms with Gasteiger partial charge in [-0.05, 0) is 38.0 Å². The van der Waals surface area contributed by atoms with E-state index in [0.29, 0.717) is 0 Å². The second-order valence-electron chi connectivity index (χ2n) is 4.48. The van der Waals surface area contributed by atoms with Crippen molar-refractivity contribution in [2.45, 2.75) is 20.8 Å². The van der Waals surface area contributed by atoms with Crippen LogP contribution < -0.4 is 5.56 Å². The molecule has 1 aromatic carbocycles. The van der Waals surface area contributed by atoms with Gasteiger partial charge in [-0.2, -0.15) is 5.10 Å². The minimum atomic E-state index is -0.101. The second kappa shape index (κ2) is 5.00. The van der Waals surface area contributed by atoms with Crippen LogP contribution in [0.2, 0.25) is 0 Å². The SMILES string of the molecule is Cc1ccc(C=Nn2c(C)cc(C)cc2=O)cc1. The monoisotopic (exact) mass is 240 g/mol. The largest absolute Gasteiger partial charge is 0.271 e. The lowest BCUT2D eigenvalue weighted by Crippen LogP contribution is -2.18. The van der Waals surface area contributed by atoms with Crippen LogP contribution in [0.5, 0.6) is 0 Å². The molecule has 18 heavy (non-hydrogen) atoms. The van der Waals surface area contributed by atoms with E-state index >= 15 is 0 Å². The Morgan fingerprint density at radius 2 is 1.67 bits per heavy atom. The maximum atomic E-state index is 11.8. The molecule has 0 atom stereocenters. The molecule has 2 aromatic rings. The quantitative estimate of drug-likeness (QED) is 0.743. The van der Waals surface area contributed by atoms with Gasteiger partial charge in [-0.15, -0.1) is 0 Å². The summed E-state index contributed by atoms with van der Waals surface area (Å²) in [7, 11) is 0. The number of rotatable bonds is 2. The van der Waals surface area contributed by atoms with E-state index in [1.807, 2.05) is 51.1 Å². The maximum absolute atomic E-state index is 11.8. The molecule has 1 heterocycles. The summed E-state index contributed by atoms with van der Waals surface area (Å²) in [5, 5.41) is 4.23. The Kier molecular flexibility index (Phi) is 3.42. The van der Waals surface area contributed by atoms with Crippen molar-refractivity contribution in [3.05, 3.63) is 69.1 Å². The molecule has 0 spiro atoms. The topological polar surface area (TPSA) is 34.4 Å². The number of benzene rings is 1. The van der Waals surface area contributed by atoms with Gasteiger partial charge in [0.15, 0.2) is 0 Å². The zero-order valence-electron chi connectivity index (χ0n) is 10.8. The smallest absolute Gasteiger partial charge is 0.267 e. The van der Waals surface area contributed by atoms with Gasteiger partial charge in [0, 0.05) is 11.8 Å². The molecule has 92 valence electrons. The minimum Gasteiger partial charge on any atom is -0.267 e. The first-order valence-electron chi connectivity index (χ1n) is 5.87. The Morgan fingerprint density at radius 3 is 2.28 bits per heavy atom. The van der Waals surface area contributed by atoms with Crippen LogP contribution in [-0.4, -0.2) is 10.9 Å². The average Bonchev–Trinajstić information content (AvgIpc) is 2.30. The van der Waals surface area contributed by atoms with Gasteiger partial charge in [-0.3, -0.25) is 4.79 Å². The molecule has 0 N–H and O–H groups in total. The van der Waals surface area contributed by atoms with E-state index in [9.17, 15) is 4.79 Å². The number of aromatic nitrogens is 1. The van der Waals surface area contributed by atoms with Crippen LogP contribution in [0.15, 0.2) is 46.3 Å². The lowest BCUT2D eigenvalue weighted by atomic mass is 10.2. The molecule has 0 radical (unpaired) electrons. The van der Waals surface area contributed by atoms with E-state index in [1.54, 1.807) is 12.3 Å². The fraction of sp³-hybridized carbons (Fsp3) is 0.200. The van der Waals surface area contributed by atoms with Crippen LogP contribution >= 0.6 is 0 Å². The predicted octanol–water partition coefficient (Wildman–Crippen LogP) is 2.66. The van der Waals surface area contributed by atoms with Gasteiger partial charge in [0.2, 0.25) is 0 Å². The highest BCUT2D eigenvalue weighted by molar-refractivity contribution is 5.79. The Morgan fingerprint density at radius 1 is 1.00 bits per heavy atom. The minimum absolute atomic E-state index is 0.101. The van der Waals surface area contributed by atoms with Gasteiger partial charge in [0.05, 0.1) is 6.21 Å². The van der Waals surface area contributed by atoms with Gasteiger partial charge in [-0.25, -0.2) is 4.68 Å². The average molecular weight is 240 g/mol. The van der Waals surface area contributed by atoms with E-state index in [-0.39, 0.29) is 5.56 Å². The third-order valence-corrected chi connectivity index (χ3v) is 2.73. The molecular formula is C15H16N2O. The van der Waals surface area contributed by atoms with Crippen LogP contribution in [0.3, 0.4) is 0 Å². The van der Waals surface area contributed by atoms with Crippen molar-refractivity contribution in [2.24, 2.45) is 5.10 Å². The van der Waals surface area contributed by atoms with Crippen molar-refractivity contribution in [3.63, 3.8) is 0 Å². The first-order valence-corrected chi connectivity index (χ1v) is 5.87. The van der Waals surface area contributed by atoms with Gasteiger partial charge in [-0.1, -0.05) is 29.8 Å². The molecule has 3 heteroatoms. The number of hydrogen-bond acceptors (Lipinski definition) is 2. The van der Waals surface area contributed by atoms with Crippen LogP contribution in [0, 0.1) is 20.8 Å². The van der Waals surface area contributed by atoms with Crippen molar-refractivity contribution in [1.29, 1.82) is 0 Å². The molecule has 0 unspecified atom stereocenters. The van der Waals surface area contributed by atoms with Crippen molar-refractivity contribution in [2.75, 3.05) is 0 Å². The lowest BCUT2D eigenvalue weighted by molar-refractivity contribution is 0.791. The van der Waals surface area contributed by atoms with E-state index in [0.717, 1.165) is 16.8 Å². The normalized spacial score (nSPS) is 11.1. The van der Waals surface area contributed by atoms with E-state index in [4.69, 9.17) is 0 Å². The summed E-state index contributed by atoms with van der Waals surface area (Å²) in [5.41, 5.74) is 3.88. The standard InChI is InChI=1S/C15H16N2O/c1-11-4-6-14(7-5-11)10-16-17-13(3)8-12(2)9-15(17)18/h4-10H,1-3H3. The summed E-state index contributed by atoms with van der Waals surface area (Å²) in [4.78, 5) is 11.8. The summed E-state index contributed by atoms with van der Waals surface area (Å²) < 4.78 is 1.41. The number of hydrogen-bond donors (Lipinski definition) is 0. The van der Waals surface area contributed by atoms with Crippen LogP contribution in [0.4, 0.5) is 0 Å². The van der Waals surface area contributed by atoms with E-state index in [2.05, 4.69) is 5.10 Å². The van der Waals surface area contributed by atoms with Gasteiger partial charge < -0.3 is 0 Å². The summed E-state index contributed by atoms with van der Waals surface area (Å²) in [5.74, 6) is 0. The number of pyridine rings is 1. The fourth-order valence-electron chi connectivity index (χ4n) is 1.79. The molecule has 0 amide bonds. The molecule has 0 saturated carbocycles. The Hall–Kier alpha value is -2.16. The zero-order valence-corrected chi connectivity index (χ0v) is 10.8. The van der Waals surface area contributed by atoms with E-state index in [1.165, 1.54) is 10.2 Å². The Labute approximate surface area is 106 Å². The maximum Gasteiger partial charge on any atom is 0.271 e.